The van der Waals surface area contributed by atoms with E-state index in [4.69, 9.17) is 4.74 Å². The smallest absolute Gasteiger partial charge is 0.252 e. The van der Waals surface area contributed by atoms with E-state index in [2.05, 4.69) is 52.1 Å². The monoisotopic (exact) mass is 385 g/mol. The maximum atomic E-state index is 12.9. The summed E-state index contributed by atoms with van der Waals surface area (Å²) in [6, 6.07) is 12.0. The first-order valence-electron chi connectivity index (χ1n) is 9.49. The van der Waals surface area contributed by atoms with Crippen LogP contribution in [0.15, 0.2) is 41.3 Å². The zero-order chi connectivity index (χ0) is 20.1. The number of carbonyl (C=O) groups excluding carboxylic acids is 1. The van der Waals surface area contributed by atoms with E-state index in [1.54, 1.807) is 18.9 Å². The van der Waals surface area contributed by atoms with Crippen LogP contribution in [0.1, 0.15) is 73.6 Å². The summed E-state index contributed by atoms with van der Waals surface area (Å²) in [5.41, 5.74) is 4.14. The normalized spacial score (nSPS) is 12.3. The zero-order valence-corrected chi connectivity index (χ0v) is 18.2. The number of amides is 1. The van der Waals surface area contributed by atoms with Crippen molar-refractivity contribution in [1.29, 1.82) is 0 Å². The Kier molecular flexibility index (Phi) is 7.37. The second-order valence-electron chi connectivity index (χ2n) is 7.46. The Hall–Kier alpha value is -1.94. The lowest BCUT2D eigenvalue weighted by Crippen LogP contribution is -2.27. The number of rotatable bonds is 7. The topological polar surface area (TPSA) is 38.3 Å². The summed E-state index contributed by atoms with van der Waals surface area (Å²) >= 11 is 1.71. The van der Waals surface area contributed by atoms with Gasteiger partial charge in [-0.15, -0.1) is 11.8 Å². The lowest BCUT2D eigenvalue weighted by atomic mass is 9.93. The number of hydrogen-bond donors (Lipinski definition) is 1. The molecule has 1 N–H and O–H groups in total. The minimum Gasteiger partial charge on any atom is -0.496 e. The third kappa shape index (κ3) is 5.29. The summed E-state index contributed by atoms with van der Waals surface area (Å²) in [5, 5.41) is 3.60. The van der Waals surface area contributed by atoms with Gasteiger partial charge < -0.3 is 10.1 Å². The molecule has 0 aliphatic rings. The number of thioether (sulfide) groups is 1. The molecule has 146 valence electrons. The standard InChI is InChI=1S/C23H31NO2S/c1-14(2)19-13-20(16(5)12-21(19)26-7)17(6)24-23(25)18-10-8-9-11-22(18)27-15(3)4/h8-15,17H,1-7H3,(H,24,25)/t17-/m1/s1. The van der Waals surface area contributed by atoms with Crippen LogP contribution in [0.3, 0.4) is 0 Å². The van der Waals surface area contributed by atoms with E-state index >= 15 is 0 Å². The van der Waals surface area contributed by atoms with Crippen molar-refractivity contribution in [2.45, 2.75) is 63.6 Å². The first-order valence-corrected chi connectivity index (χ1v) is 10.4. The molecule has 3 nitrogen and oxygen atoms in total. The zero-order valence-electron chi connectivity index (χ0n) is 17.4. The Morgan fingerprint density at radius 3 is 2.30 bits per heavy atom. The lowest BCUT2D eigenvalue weighted by Gasteiger charge is -2.21. The molecule has 0 heterocycles. The summed E-state index contributed by atoms with van der Waals surface area (Å²) in [7, 11) is 1.70. The predicted octanol–water partition coefficient (Wildman–Crippen LogP) is 6.12. The molecule has 0 aliphatic heterocycles. The van der Waals surface area contributed by atoms with Gasteiger partial charge in [0.25, 0.3) is 5.91 Å². The molecular formula is C23H31NO2S. The number of methoxy groups -OCH3 is 1. The van der Waals surface area contributed by atoms with Gasteiger partial charge in [0, 0.05) is 10.1 Å². The van der Waals surface area contributed by atoms with Gasteiger partial charge in [-0.05, 0) is 60.7 Å². The van der Waals surface area contributed by atoms with Crippen molar-refractivity contribution in [1.82, 2.24) is 5.32 Å². The Morgan fingerprint density at radius 2 is 1.70 bits per heavy atom. The number of nitrogens with one attached hydrogen (secondary N) is 1. The van der Waals surface area contributed by atoms with E-state index < -0.39 is 0 Å². The number of hydrogen-bond acceptors (Lipinski definition) is 3. The number of benzene rings is 2. The van der Waals surface area contributed by atoms with E-state index in [-0.39, 0.29) is 11.9 Å². The van der Waals surface area contributed by atoms with Crippen LogP contribution in [0, 0.1) is 6.92 Å². The predicted molar refractivity (Wildman–Crippen MR) is 115 cm³/mol. The summed E-state index contributed by atoms with van der Waals surface area (Å²) in [6.45, 7) is 12.7. The van der Waals surface area contributed by atoms with Crippen molar-refractivity contribution >= 4 is 17.7 Å². The molecule has 0 saturated heterocycles. The van der Waals surface area contributed by atoms with E-state index in [9.17, 15) is 4.79 Å². The molecule has 1 atom stereocenters. The Morgan fingerprint density at radius 1 is 1.04 bits per heavy atom. The fraction of sp³-hybridized carbons (Fsp3) is 0.435. The van der Waals surface area contributed by atoms with Gasteiger partial charge in [0.05, 0.1) is 18.7 Å². The summed E-state index contributed by atoms with van der Waals surface area (Å²) in [6.07, 6.45) is 0. The molecule has 0 bridgehead atoms. The van der Waals surface area contributed by atoms with Gasteiger partial charge in [-0.1, -0.05) is 39.8 Å². The molecule has 0 fully saturated rings. The van der Waals surface area contributed by atoms with E-state index in [1.165, 1.54) is 0 Å². The molecular weight excluding hydrogens is 354 g/mol. The molecule has 0 spiro atoms. The van der Waals surface area contributed by atoms with Crippen molar-refractivity contribution < 1.29 is 9.53 Å². The van der Waals surface area contributed by atoms with E-state index in [0.29, 0.717) is 11.2 Å². The van der Waals surface area contributed by atoms with Crippen LogP contribution in [-0.4, -0.2) is 18.3 Å². The fourth-order valence-electron chi connectivity index (χ4n) is 3.17. The molecule has 0 saturated carbocycles. The van der Waals surface area contributed by atoms with Gasteiger partial charge >= 0.3 is 0 Å². The minimum atomic E-state index is -0.0852. The summed E-state index contributed by atoms with van der Waals surface area (Å²) < 4.78 is 5.54. The highest BCUT2D eigenvalue weighted by Crippen LogP contribution is 2.32. The molecule has 0 radical (unpaired) electrons. The van der Waals surface area contributed by atoms with Crippen LogP contribution in [0.2, 0.25) is 0 Å². The number of carbonyl (C=O) groups is 1. The molecule has 4 heteroatoms. The molecule has 0 aliphatic carbocycles. The molecule has 0 aromatic heterocycles. The third-order valence-electron chi connectivity index (χ3n) is 4.55. The van der Waals surface area contributed by atoms with Crippen molar-refractivity contribution in [2.24, 2.45) is 0 Å². The minimum absolute atomic E-state index is 0.0347. The molecule has 0 unspecified atom stereocenters. The Bertz CT molecular complexity index is 799. The molecule has 2 rings (SSSR count). The largest absolute Gasteiger partial charge is 0.496 e. The highest BCUT2D eigenvalue weighted by molar-refractivity contribution is 8.00. The van der Waals surface area contributed by atoms with Gasteiger partial charge in [0.1, 0.15) is 5.75 Å². The van der Waals surface area contributed by atoms with Crippen molar-refractivity contribution in [3.05, 3.63) is 58.7 Å². The SMILES string of the molecule is COc1cc(C)c([C@@H](C)NC(=O)c2ccccc2SC(C)C)cc1C(C)C. The third-order valence-corrected chi connectivity index (χ3v) is 5.63. The molecule has 27 heavy (non-hydrogen) atoms. The van der Waals surface area contributed by atoms with Crippen LogP contribution < -0.4 is 10.1 Å². The Balaban J connectivity index is 2.29. The molecule has 1 amide bonds. The van der Waals surface area contributed by atoms with Crippen LogP contribution in [0.4, 0.5) is 0 Å². The quantitative estimate of drug-likeness (QED) is 0.584. The number of ether oxygens (including phenoxy) is 1. The molecule has 2 aromatic rings. The maximum Gasteiger partial charge on any atom is 0.252 e. The summed E-state index contributed by atoms with van der Waals surface area (Å²) in [4.78, 5) is 14.0. The maximum absolute atomic E-state index is 12.9. The van der Waals surface area contributed by atoms with E-state index in [0.717, 1.165) is 32.9 Å². The lowest BCUT2D eigenvalue weighted by molar-refractivity contribution is 0.0937. The van der Waals surface area contributed by atoms with Crippen molar-refractivity contribution in [3.63, 3.8) is 0 Å². The van der Waals surface area contributed by atoms with Crippen LogP contribution >= 0.6 is 11.8 Å². The van der Waals surface area contributed by atoms with Gasteiger partial charge in [-0.25, -0.2) is 0 Å². The fourth-order valence-corrected chi connectivity index (χ4v) is 4.13. The first kappa shape index (κ1) is 21.4. The average Bonchev–Trinajstić information content (AvgIpc) is 2.60. The number of aryl methyl sites for hydroxylation is 1. The highest BCUT2D eigenvalue weighted by atomic mass is 32.2. The van der Waals surface area contributed by atoms with Gasteiger partial charge in [-0.2, -0.15) is 0 Å². The van der Waals surface area contributed by atoms with Gasteiger partial charge in [0.15, 0.2) is 0 Å². The molecule has 2 aromatic carbocycles. The second kappa shape index (κ2) is 9.32. The van der Waals surface area contributed by atoms with Crippen LogP contribution in [-0.2, 0) is 0 Å². The van der Waals surface area contributed by atoms with Crippen LogP contribution in [0.25, 0.3) is 0 Å². The van der Waals surface area contributed by atoms with Crippen molar-refractivity contribution in [3.8, 4) is 5.75 Å². The summed E-state index contributed by atoms with van der Waals surface area (Å²) in [5.74, 6) is 1.22. The van der Waals surface area contributed by atoms with Crippen LogP contribution in [0.5, 0.6) is 5.75 Å². The van der Waals surface area contributed by atoms with E-state index in [1.807, 2.05) is 31.2 Å². The second-order valence-corrected chi connectivity index (χ2v) is 9.08. The average molecular weight is 386 g/mol. The first-order chi connectivity index (χ1) is 12.7. The van der Waals surface area contributed by atoms with Gasteiger partial charge in [-0.3, -0.25) is 4.79 Å². The Labute approximate surface area is 167 Å². The highest BCUT2D eigenvalue weighted by Gasteiger charge is 2.19. The van der Waals surface area contributed by atoms with Gasteiger partial charge in [0.2, 0.25) is 0 Å². The van der Waals surface area contributed by atoms with Crippen molar-refractivity contribution in [2.75, 3.05) is 7.11 Å².